The van der Waals surface area contributed by atoms with E-state index in [9.17, 15) is 22.8 Å². The molecule has 36 heavy (non-hydrogen) atoms. The van der Waals surface area contributed by atoms with Gasteiger partial charge in [-0.2, -0.15) is 23.0 Å². The molecule has 2 heterocycles. The molecule has 1 atom stereocenters. The number of pyridine rings is 1. The van der Waals surface area contributed by atoms with Crippen molar-refractivity contribution in [3.05, 3.63) is 106 Å². The number of amides is 1. The number of aryl methyl sites for hydroxylation is 1. The van der Waals surface area contributed by atoms with Gasteiger partial charge in [-0.1, -0.05) is 18.2 Å². The van der Waals surface area contributed by atoms with Gasteiger partial charge in [0.05, 0.1) is 17.3 Å². The average molecular weight is 493 g/mol. The lowest BCUT2D eigenvalue weighted by Gasteiger charge is -2.17. The first-order valence-electron chi connectivity index (χ1n) is 10.9. The Kier molecular flexibility index (Phi) is 6.61. The Hall–Kier alpha value is -4.47. The van der Waals surface area contributed by atoms with Crippen LogP contribution in [0, 0.1) is 6.92 Å². The van der Waals surface area contributed by atoms with Crippen molar-refractivity contribution in [2.75, 3.05) is 5.73 Å². The Morgan fingerprint density at radius 1 is 1.06 bits per heavy atom. The first-order valence-corrected chi connectivity index (χ1v) is 10.9. The van der Waals surface area contributed by atoms with Gasteiger partial charge in [-0.15, -0.1) is 0 Å². The van der Waals surface area contributed by atoms with Crippen LogP contribution in [-0.2, 0) is 6.18 Å². The maximum Gasteiger partial charge on any atom is 0.416 e. The van der Waals surface area contributed by atoms with Crippen molar-refractivity contribution in [1.29, 1.82) is 0 Å². The third-order valence-corrected chi connectivity index (χ3v) is 5.59. The predicted octanol–water partition coefficient (Wildman–Crippen LogP) is 4.69. The molecule has 2 aromatic heterocycles. The fourth-order valence-corrected chi connectivity index (χ4v) is 3.76. The number of hydrogen-bond acceptors (Lipinski definition) is 5. The Balaban J connectivity index is 1.62. The summed E-state index contributed by atoms with van der Waals surface area (Å²) in [4.78, 5) is 29.7. The Morgan fingerprint density at radius 2 is 1.83 bits per heavy atom. The number of halogens is 3. The van der Waals surface area contributed by atoms with E-state index in [-0.39, 0.29) is 16.9 Å². The lowest BCUT2D eigenvalue weighted by molar-refractivity contribution is -0.137. The number of nitrogen functional groups attached to an aromatic ring is 1. The van der Waals surface area contributed by atoms with Crippen molar-refractivity contribution in [2.24, 2.45) is 0 Å². The van der Waals surface area contributed by atoms with E-state index in [1.54, 1.807) is 24.4 Å². The van der Waals surface area contributed by atoms with Crippen LogP contribution in [-0.4, -0.2) is 20.7 Å². The minimum Gasteiger partial charge on any atom is -0.399 e. The zero-order valence-electron chi connectivity index (χ0n) is 19.4. The highest BCUT2D eigenvalue weighted by Gasteiger charge is 2.31. The molecular weight excluding hydrogens is 471 g/mol. The molecule has 0 unspecified atom stereocenters. The maximum atomic E-state index is 13.2. The lowest BCUT2D eigenvalue weighted by atomic mass is 10.0. The van der Waals surface area contributed by atoms with Crippen LogP contribution in [0.1, 0.15) is 40.3 Å². The molecule has 1 amide bonds. The summed E-state index contributed by atoms with van der Waals surface area (Å²) in [6, 6.07) is 15.6. The molecule has 0 fully saturated rings. The van der Waals surface area contributed by atoms with Crippen LogP contribution in [0.5, 0.6) is 0 Å². The number of aromatic nitrogens is 3. The van der Waals surface area contributed by atoms with Gasteiger partial charge in [-0.25, -0.2) is 0 Å². The van der Waals surface area contributed by atoms with Crippen LogP contribution in [0.4, 0.5) is 18.9 Å². The summed E-state index contributed by atoms with van der Waals surface area (Å²) in [5.74, 6) is -0.661. The molecule has 184 valence electrons. The third kappa shape index (κ3) is 5.27. The van der Waals surface area contributed by atoms with Crippen LogP contribution in [0.15, 0.2) is 77.7 Å². The maximum absolute atomic E-state index is 13.2. The van der Waals surface area contributed by atoms with E-state index in [4.69, 9.17) is 5.73 Å². The van der Waals surface area contributed by atoms with Crippen molar-refractivity contribution in [1.82, 2.24) is 20.1 Å². The van der Waals surface area contributed by atoms with E-state index < -0.39 is 29.2 Å². The number of anilines is 1. The highest BCUT2D eigenvalue weighted by Crippen LogP contribution is 2.32. The minimum absolute atomic E-state index is 0.0728. The quantitative estimate of drug-likeness (QED) is 0.393. The number of carbonyl (C=O) groups excluding carboxylic acids is 1. The fraction of sp³-hybridized carbons (Fsp3) is 0.154. The summed E-state index contributed by atoms with van der Waals surface area (Å²) in [5.41, 5.74) is 7.26. The molecule has 0 aliphatic heterocycles. The summed E-state index contributed by atoms with van der Waals surface area (Å²) in [5, 5.41) is 6.81. The van der Waals surface area contributed by atoms with Crippen molar-refractivity contribution in [2.45, 2.75) is 26.1 Å². The number of nitrogens with two attached hydrogens (primary N) is 1. The van der Waals surface area contributed by atoms with E-state index in [0.717, 1.165) is 33.6 Å². The zero-order chi connectivity index (χ0) is 26.0. The first-order chi connectivity index (χ1) is 17.0. The van der Waals surface area contributed by atoms with Gasteiger partial charge in [0.1, 0.15) is 5.69 Å². The van der Waals surface area contributed by atoms with Crippen molar-refractivity contribution in [3.8, 4) is 16.8 Å². The molecule has 0 aliphatic carbocycles. The Bertz CT molecular complexity index is 1500. The molecule has 10 heteroatoms. The number of hydrogen-bond donors (Lipinski definition) is 2. The topological polar surface area (TPSA) is 103 Å². The highest BCUT2D eigenvalue weighted by atomic mass is 19.4. The summed E-state index contributed by atoms with van der Waals surface area (Å²) in [7, 11) is 0. The van der Waals surface area contributed by atoms with Gasteiger partial charge in [0.2, 0.25) is 0 Å². The van der Waals surface area contributed by atoms with Crippen LogP contribution >= 0.6 is 0 Å². The summed E-state index contributed by atoms with van der Waals surface area (Å²) < 4.78 is 40.6. The SMILES string of the molecule is Cc1ncccc1-c1cccc(-n2nc(C(=O)N[C@H](C)c3cc(N)cc(C(F)(F)F)c3)ccc2=O)c1. The second kappa shape index (κ2) is 9.65. The lowest BCUT2D eigenvalue weighted by Crippen LogP contribution is -2.30. The molecular formula is C26H22F3N5O2. The Morgan fingerprint density at radius 3 is 2.56 bits per heavy atom. The number of carbonyl (C=O) groups is 1. The van der Waals surface area contributed by atoms with E-state index in [2.05, 4.69) is 15.4 Å². The molecule has 0 spiro atoms. The summed E-state index contributed by atoms with van der Waals surface area (Å²) in [6.07, 6.45) is -2.89. The number of nitrogens with zero attached hydrogens (tertiary/aromatic N) is 3. The van der Waals surface area contributed by atoms with Crippen molar-refractivity contribution in [3.63, 3.8) is 0 Å². The predicted molar refractivity (Wildman–Crippen MR) is 130 cm³/mol. The standard InChI is InChI=1S/C26H22F3N5O2/c1-15(18-11-19(26(27,28)29)14-20(30)12-18)32-25(36)23-8-9-24(35)34(33-23)21-6-3-5-17(13-21)22-7-4-10-31-16(22)2/h3-15H,30H2,1-2H3,(H,32,36)/t15-/m1/s1. The Labute approximate surface area is 204 Å². The van der Waals surface area contributed by atoms with E-state index >= 15 is 0 Å². The van der Waals surface area contributed by atoms with Gasteiger partial charge < -0.3 is 11.1 Å². The van der Waals surface area contributed by atoms with E-state index in [1.165, 1.54) is 25.1 Å². The van der Waals surface area contributed by atoms with Crippen LogP contribution in [0.3, 0.4) is 0 Å². The summed E-state index contributed by atoms with van der Waals surface area (Å²) >= 11 is 0. The van der Waals surface area contributed by atoms with Crippen LogP contribution in [0.25, 0.3) is 16.8 Å². The second-order valence-electron chi connectivity index (χ2n) is 8.24. The molecule has 4 rings (SSSR count). The highest BCUT2D eigenvalue weighted by molar-refractivity contribution is 5.92. The molecule has 2 aromatic carbocycles. The summed E-state index contributed by atoms with van der Waals surface area (Å²) in [6.45, 7) is 3.40. The fourth-order valence-electron chi connectivity index (χ4n) is 3.76. The normalized spacial score (nSPS) is 12.2. The third-order valence-electron chi connectivity index (χ3n) is 5.59. The minimum atomic E-state index is -4.58. The smallest absolute Gasteiger partial charge is 0.399 e. The number of alkyl halides is 3. The molecule has 3 N–H and O–H groups in total. The largest absolute Gasteiger partial charge is 0.416 e. The van der Waals surface area contributed by atoms with Crippen molar-refractivity contribution >= 4 is 11.6 Å². The first kappa shape index (κ1) is 24.6. The van der Waals surface area contributed by atoms with Gasteiger partial charge in [-0.05, 0) is 67.4 Å². The number of benzene rings is 2. The second-order valence-corrected chi connectivity index (χ2v) is 8.24. The molecule has 0 saturated heterocycles. The number of nitrogens with one attached hydrogen (secondary N) is 1. The molecule has 0 saturated carbocycles. The average Bonchev–Trinajstić information content (AvgIpc) is 2.83. The van der Waals surface area contributed by atoms with E-state index in [1.807, 2.05) is 25.1 Å². The van der Waals surface area contributed by atoms with Gasteiger partial charge >= 0.3 is 6.18 Å². The monoisotopic (exact) mass is 493 g/mol. The van der Waals surface area contributed by atoms with Crippen molar-refractivity contribution < 1.29 is 18.0 Å². The number of rotatable bonds is 5. The molecule has 7 nitrogen and oxygen atoms in total. The molecule has 0 radical (unpaired) electrons. The zero-order valence-corrected chi connectivity index (χ0v) is 19.4. The molecule has 0 bridgehead atoms. The molecule has 4 aromatic rings. The van der Waals surface area contributed by atoms with Crippen LogP contribution in [0.2, 0.25) is 0 Å². The van der Waals surface area contributed by atoms with Gasteiger partial charge in [0.15, 0.2) is 0 Å². The van der Waals surface area contributed by atoms with E-state index in [0.29, 0.717) is 5.69 Å². The van der Waals surface area contributed by atoms with Gasteiger partial charge in [-0.3, -0.25) is 14.6 Å². The molecule has 0 aliphatic rings. The van der Waals surface area contributed by atoms with Gasteiger partial charge in [0, 0.05) is 29.2 Å². The van der Waals surface area contributed by atoms with Gasteiger partial charge in [0.25, 0.3) is 11.5 Å². The van der Waals surface area contributed by atoms with Crippen LogP contribution < -0.4 is 16.6 Å².